The molecule has 0 amide bonds. The van der Waals surface area contributed by atoms with Gasteiger partial charge < -0.3 is 0 Å². The lowest BCUT2D eigenvalue weighted by molar-refractivity contribution is -0.113. The number of halogens is 1. The van der Waals surface area contributed by atoms with Crippen molar-refractivity contribution in [3.8, 4) is 0 Å². The minimum atomic E-state index is -4.09. The van der Waals surface area contributed by atoms with Gasteiger partial charge in [0.1, 0.15) is 4.91 Å². The summed E-state index contributed by atoms with van der Waals surface area (Å²) in [7, 11) is -6.99. The van der Waals surface area contributed by atoms with Crippen LogP contribution in [0, 0.1) is 6.92 Å². The van der Waals surface area contributed by atoms with Crippen LogP contribution in [0.25, 0.3) is 0 Å². The van der Waals surface area contributed by atoms with E-state index >= 15 is 0 Å². The van der Waals surface area contributed by atoms with E-state index in [9.17, 15) is 17.4 Å². The lowest BCUT2D eigenvalue weighted by atomic mass is 10.2. The van der Waals surface area contributed by atoms with Gasteiger partial charge in [0.25, 0.3) is 0 Å². The third-order valence-electron chi connectivity index (χ3n) is 3.59. The van der Waals surface area contributed by atoms with Gasteiger partial charge in [-0.15, -0.1) is 0 Å². The summed E-state index contributed by atoms with van der Waals surface area (Å²) < 4.78 is 42.1. The predicted octanol–water partition coefficient (Wildman–Crippen LogP) is 4.01. The highest BCUT2D eigenvalue weighted by molar-refractivity contribution is 7.96. The molecule has 0 saturated carbocycles. The molecule has 0 heterocycles. The van der Waals surface area contributed by atoms with Gasteiger partial charge >= 0.3 is 0 Å². The molecule has 0 N–H and O–H groups in total. The summed E-state index contributed by atoms with van der Waals surface area (Å²) in [4.78, 5) is 11.7. The SMILES string of the molecule is CC(=O)/C(=C/N=S(C)(=O)c1ccc(C)cc1)S(=O)(=O)c1ccc(Cl)cc1. The van der Waals surface area contributed by atoms with Crippen LogP contribution in [0.3, 0.4) is 0 Å². The van der Waals surface area contributed by atoms with Crippen LogP contribution in [0.5, 0.6) is 0 Å². The van der Waals surface area contributed by atoms with E-state index in [1.807, 2.05) is 6.92 Å². The van der Waals surface area contributed by atoms with Gasteiger partial charge in [-0.25, -0.2) is 17.0 Å². The maximum Gasteiger partial charge on any atom is 0.211 e. The van der Waals surface area contributed by atoms with Crippen molar-refractivity contribution in [2.24, 2.45) is 4.36 Å². The smallest absolute Gasteiger partial charge is 0.211 e. The molecule has 1 unspecified atom stereocenters. The minimum absolute atomic E-state index is 0.0866. The van der Waals surface area contributed by atoms with E-state index in [4.69, 9.17) is 11.6 Å². The molecule has 0 spiro atoms. The zero-order chi connectivity index (χ0) is 19.5. The lowest BCUT2D eigenvalue weighted by Crippen LogP contribution is -2.11. The number of ketones is 1. The van der Waals surface area contributed by atoms with Crippen LogP contribution in [0.15, 0.2) is 73.8 Å². The summed E-state index contributed by atoms with van der Waals surface area (Å²) in [5, 5.41) is 0.373. The standard InChI is InChI=1S/C18H18ClNO4S2/c1-13-4-8-16(9-5-13)25(3,22)20-12-18(14(2)21)26(23,24)17-10-6-15(19)7-11-17/h4-12H,1-3H3/b18-12-. The molecule has 2 aromatic rings. The first kappa shape index (κ1) is 20.4. The van der Waals surface area contributed by atoms with E-state index < -0.39 is 30.3 Å². The molecule has 5 nitrogen and oxygen atoms in total. The number of aryl methyl sites for hydroxylation is 1. The van der Waals surface area contributed by atoms with E-state index in [1.54, 1.807) is 24.3 Å². The third kappa shape index (κ3) is 4.60. The summed E-state index contributed by atoms with van der Waals surface area (Å²) >= 11 is 5.77. The molecule has 0 aromatic heterocycles. The van der Waals surface area contributed by atoms with Crippen LogP contribution >= 0.6 is 11.6 Å². The van der Waals surface area contributed by atoms with Crippen LogP contribution in [0.4, 0.5) is 0 Å². The Kier molecular flexibility index (Phi) is 6.05. The fraction of sp³-hybridized carbons (Fsp3) is 0.167. The Balaban J connectivity index is 2.56. The molecule has 2 rings (SSSR count). The third-order valence-corrected chi connectivity index (χ3v) is 7.36. The molecule has 0 bridgehead atoms. The zero-order valence-electron chi connectivity index (χ0n) is 14.5. The van der Waals surface area contributed by atoms with Crippen molar-refractivity contribution < 1.29 is 17.4 Å². The van der Waals surface area contributed by atoms with Gasteiger partial charge in [-0.2, -0.15) is 0 Å². The van der Waals surface area contributed by atoms with Crippen LogP contribution < -0.4 is 0 Å². The van der Waals surface area contributed by atoms with Crippen molar-refractivity contribution in [1.29, 1.82) is 0 Å². The molecule has 0 saturated heterocycles. The first-order valence-electron chi connectivity index (χ1n) is 7.54. The molecule has 138 valence electrons. The number of carbonyl (C=O) groups excluding carboxylic acids is 1. The van der Waals surface area contributed by atoms with Gasteiger partial charge in [-0.05, 0) is 50.2 Å². The molecular weight excluding hydrogens is 394 g/mol. The van der Waals surface area contributed by atoms with Gasteiger partial charge in [0.05, 0.1) is 20.8 Å². The lowest BCUT2D eigenvalue weighted by Gasteiger charge is -2.07. The molecule has 8 heteroatoms. The highest BCUT2D eigenvalue weighted by Gasteiger charge is 2.24. The molecule has 1 atom stereocenters. The van der Waals surface area contributed by atoms with E-state index in [2.05, 4.69) is 4.36 Å². The quantitative estimate of drug-likeness (QED) is 0.696. The second-order valence-electron chi connectivity index (χ2n) is 5.73. The summed E-state index contributed by atoms with van der Waals surface area (Å²) in [6, 6.07) is 12.3. The first-order valence-corrected chi connectivity index (χ1v) is 11.3. The minimum Gasteiger partial charge on any atom is -0.294 e. The Labute approximate surface area is 158 Å². The van der Waals surface area contributed by atoms with Gasteiger partial charge in [0.15, 0.2) is 5.78 Å². The Morgan fingerprint density at radius 2 is 1.46 bits per heavy atom. The van der Waals surface area contributed by atoms with E-state index in [0.29, 0.717) is 9.92 Å². The molecule has 26 heavy (non-hydrogen) atoms. The number of nitrogens with zero attached hydrogens (tertiary/aromatic N) is 1. The van der Waals surface area contributed by atoms with Gasteiger partial charge in [-0.3, -0.25) is 4.79 Å². The Bertz CT molecular complexity index is 1080. The summed E-state index contributed by atoms with van der Waals surface area (Å²) in [5.41, 5.74) is 0.995. The van der Waals surface area contributed by atoms with Crippen molar-refractivity contribution in [1.82, 2.24) is 0 Å². The van der Waals surface area contributed by atoms with Crippen molar-refractivity contribution >= 4 is 37.0 Å². The van der Waals surface area contributed by atoms with Crippen molar-refractivity contribution in [3.05, 3.63) is 70.2 Å². The van der Waals surface area contributed by atoms with Crippen molar-refractivity contribution in [2.45, 2.75) is 23.6 Å². The van der Waals surface area contributed by atoms with Crippen LogP contribution in [0.1, 0.15) is 12.5 Å². The number of hydrogen-bond acceptors (Lipinski definition) is 5. The molecule has 0 aliphatic carbocycles. The highest BCUT2D eigenvalue weighted by Crippen LogP contribution is 2.23. The Hall–Kier alpha value is -1.96. The monoisotopic (exact) mass is 411 g/mol. The molecule has 0 radical (unpaired) electrons. The van der Waals surface area contributed by atoms with E-state index in [0.717, 1.165) is 18.7 Å². The van der Waals surface area contributed by atoms with E-state index in [1.165, 1.54) is 30.5 Å². The maximum atomic E-state index is 12.8. The number of sulfone groups is 1. The number of rotatable bonds is 5. The molecule has 0 fully saturated rings. The summed E-state index contributed by atoms with van der Waals surface area (Å²) in [6.45, 7) is 3.02. The fourth-order valence-electron chi connectivity index (χ4n) is 2.09. The molecule has 2 aromatic carbocycles. The zero-order valence-corrected chi connectivity index (χ0v) is 16.9. The number of benzene rings is 2. The van der Waals surface area contributed by atoms with E-state index in [-0.39, 0.29) is 4.90 Å². The van der Waals surface area contributed by atoms with Gasteiger partial charge in [-0.1, -0.05) is 29.3 Å². The Morgan fingerprint density at radius 3 is 1.96 bits per heavy atom. The number of carbonyl (C=O) groups is 1. The van der Waals surface area contributed by atoms with Gasteiger partial charge in [0, 0.05) is 16.2 Å². The number of hydrogen-bond donors (Lipinski definition) is 0. The van der Waals surface area contributed by atoms with Crippen molar-refractivity contribution in [3.63, 3.8) is 0 Å². The topological polar surface area (TPSA) is 80.6 Å². The summed E-state index contributed by atoms with van der Waals surface area (Å²) in [6.07, 6.45) is 2.27. The number of Topliss-reactive ketones (excluding diaryl/α,β-unsaturated/α-hetero) is 1. The molecular formula is C18H18ClNO4S2. The van der Waals surface area contributed by atoms with Crippen molar-refractivity contribution in [2.75, 3.05) is 6.26 Å². The molecule has 0 aliphatic heterocycles. The number of allylic oxidation sites excluding steroid dienone is 1. The Morgan fingerprint density at radius 1 is 0.962 bits per heavy atom. The second-order valence-corrected chi connectivity index (χ2v) is 10.4. The van der Waals surface area contributed by atoms with Crippen LogP contribution in [-0.2, 0) is 24.4 Å². The second kappa shape index (κ2) is 7.73. The normalized spacial score (nSPS) is 14.5. The molecule has 0 aliphatic rings. The van der Waals surface area contributed by atoms with Gasteiger partial charge in [0.2, 0.25) is 9.84 Å². The van der Waals surface area contributed by atoms with Crippen LogP contribution in [-0.4, -0.2) is 24.7 Å². The maximum absolute atomic E-state index is 12.8. The summed E-state index contributed by atoms with van der Waals surface area (Å²) in [5.74, 6) is -0.692. The highest BCUT2D eigenvalue weighted by atomic mass is 35.5. The van der Waals surface area contributed by atoms with Crippen LogP contribution in [0.2, 0.25) is 5.02 Å². The fourth-order valence-corrected chi connectivity index (χ4v) is 4.67. The predicted molar refractivity (Wildman–Crippen MR) is 103 cm³/mol. The average Bonchev–Trinajstić information content (AvgIpc) is 2.55. The first-order chi connectivity index (χ1) is 12.0. The largest absolute Gasteiger partial charge is 0.294 e. The average molecular weight is 412 g/mol.